The zero-order valence-corrected chi connectivity index (χ0v) is 13.5. The summed E-state index contributed by atoms with van der Waals surface area (Å²) in [5, 5.41) is 7.28. The summed E-state index contributed by atoms with van der Waals surface area (Å²) < 4.78 is 0. The first-order valence-electron chi connectivity index (χ1n) is 9.27. The van der Waals surface area contributed by atoms with Crippen molar-refractivity contribution in [1.82, 2.24) is 15.5 Å². The molecule has 2 heterocycles. The van der Waals surface area contributed by atoms with E-state index in [4.69, 9.17) is 5.73 Å². The minimum atomic E-state index is 0.447. The van der Waals surface area contributed by atoms with Gasteiger partial charge >= 0.3 is 0 Å². The first-order valence-corrected chi connectivity index (χ1v) is 9.27. The number of rotatable bonds is 0. The Morgan fingerprint density at radius 2 is 1.67 bits per heavy atom. The molecular weight excluding hydrogens is 260 g/mol. The normalized spacial score (nSPS) is 40.4. The third kappa shape index (κ3) is 4.19. The first kappa shape index (κ1) is 15.7. The second-order valence-electron chi connectivity index (χ2n) is 7.39. The number of hydrogen-bond acceptors (Lipinski definition) is 4. The summed E-state index contributed by atoms with van der Waals surface area (Å²) in [5.41, 5.74) is 6.53. The monoisotopic (exact) mass is 294 g/mol. The lowest BCUT2D eigenvalue weighted by atomic mass is 9.79. The highest BCUT2D eigenvalue weighted by atomic mass is 15.3. The Balaban J connectivity index is 1.68. The molecule has 2 bridgehead atoms. The van der Waals surface area contributed by atoms with E-state index in [1.54, 1.807) is 0 Å². The molecule has 0 aromatic carbocycles. The van der Waals surface area contributed by atoms with Crippen LogP contribution < -0.4 is 16.4 Å². The number of fused-ring (bicyclic) bond motifs is 4. The van der Waals surface area contributed by atoms with Crippen LogP contribution in [0.1, 0.15) is 51.4 Å². The van der Waals surface area contributed by atoms with Gasteiger partial charge in [0.05, 0.1) is 0 Å². The van der Waals surface area contributed by atoms with E-state index >= 15 is 0 Å². The van der Waals surface area contributed by atoms with Crippen LogP contribution in [0, 0.1) is 5.92 Å². The first-order chi connectivity index (χ1) is 10.3. The predicted octanol–water partition coefficient (Wildman–Crippen LogP) is 1.31. The molecule has 0 spiro atoms. The van der Waals surface area contributed by atoms with Crippen molar-refractivity contribution >= 4 is 0 Å². The Bertz CT molecular complexity index is 309. The molecule has 3 aliphatic rings. The van der Waals surface area contributed by atoms with Crippen molar-refractivity contribution in [3.05, 3.63) is 0 Å². The molecule has 4 heteroatoms. The number of nitrogens with zero attached hydrogens (tertiary/aromatic N) is 1. The van der Waals surface area contributed by atoms with Gasteiger partial charge in [0.15, 0.2) is 0 Å². The minimum absolute atomic E-state index is 0.447. The molecule has 4 atom stereocenters. The van der Waals surface area contributed by atoms with E-state index < -0.39 is 0 Å². The van der Waals surface area contributed by atoms with Crippen molar-refractivity contribution in [1.29, 1.82) is 0 Å². The molecule has 2 aliphatic heterocycles. The van der Waals surface area contributed by atoms with E-state index in [9.17, 15) is 0 Å². The Kier molecular flexibility index (Phi) is 5.92. The van der Waals surface area contributed by atoms with Gasteiger partial charge in [-0.25, -0.2) is 0 Å². The molecule has 1 aliphatic carbocycles. The van der Waals surface area contributed by atoms with Crippen molar-refractivity contribution in [2.24, 2.45) is 11.7 Å². The van der Waals surface area contributed by atoms with Gasteiger partial charge in [-0.2, -0.15) is 0 Å². The van der Waals surface area contributed by atoms with Crippen molar-refractivity contribution in [3.8, 4) is 0 Å². The average Bonchev–Trinajstić information content (AvgIpc) is 2.54. The van der Waals surface area contributed by atoms with Gasteiger partial charge < -0.3 is 16.4 Å². The molecule has 0 aromatic heterocycles. The van der Waals surface area contributed by atoms with Gasteiger partial charge in [0, 0.05) is 44.3 Å². The lowest BCUT2D eigenvalue weighted by molar-refractivity contribution is 0.0618. The maximum atomic E-state index is 6.53. The molecule has 3 fully saturated rings. The summed E-state index contributed by atoms with van der Waals surface area (Å²) in [6, 6.07) is 1.91. The van der Waals surface area contributed by atoms with Gasteiger partial charge in [-0.15, -0.1) is 0 Å². The van der Waals surface area contributed by atoms with Gasteiger partial charge in [0.2, 0.25) is 0 Å². The Labute approximate surface area is 130 Å². The molecule has 0 amide bonds. The van der Waals surface area contributed by atoms with Gasteiger partial charge in [0.25, 0.3) is 0 Å². The van der Waals surface area contributed by atoms with Crippen molar-refractivity contribution in [2.45, 2.75) is 69.5 Å². The van der Waals surface area contributed by atoms with Crippen LogP contribution in [0.15, 0.2) is 0 Å². The van der Waals surface area contributed by atoms with Crippen molar-refractivity contribution in [3.63, 3.8) is 0 Å². The number of piperazine rings is 1. The standard InChI is InChI=1S/C17H34N4/c18-17-7-2-1-3-8-19-12-16-13-20-9-10-21(16)15-6-4-5-14(17)11-15/h14-17,19-20H,1-13,18H2/t14?,15?,16?,17-/m0/s1. The number of hydrogen-bond donors (Lipinski definition) is 3. The van der Waals surface area contributed by atoms with Gasteiger partial charge in [-0.05, 0) is 44.6 Å². The zero-order chi connectivity index (χ0) is 14.5. The third-order valence-corrected chi connectivity index (χ3v) is 5.93. The fourth-order valence-electron chi connectivity index (χ4n) is 4.65. The fourth-order valence-corrected chi connectivity index (χ4v) is 4.65. The van der Waals surface area contributed by atoms with E-state index in [2.05, 4.69) is 15.5 Å². The van der Waals surface area contributed by atoms with Crippen molar-refractivity contribution in [2.75, 3.05) is 32.7 Å². The quantitative estimate of drug-likeness (QED) is 0.630. The Hall–Kier alpha value is -0.160. The van der Waals surface area contributed by atoms with E-state index in [1.807, 2.05) is 0 Å². The summed E-state index contributed by atoms with van der Waals surface area (Å²) in [4.78, 5) is 2.81. The summed E-state index contributed by atoms with van der Waals surface area (Å²) in [6.45, 7) is 5.86. The molecule has 0 radical (unpaired) electrons. The van der Waals surface area contributed by atoms with E-state index in [0.717, 1.165) is 31.6 Å². The molecule has 3 rings (SSSR count). The third-order valence-electron chi connectivity index (χ3n) is 5.93. The molecule has 2 saturated heterocycles. The van der Waals surface area contributed by atoms with Crippen molar-refractivity contribution < 1.29 is 0 Å². The number of nitrogens with one attached hydrogen (secondary N) is 2. The maximum Gasteiger partial charge on any atom is 0.0348 e. The van der Waals surface area contributed by atoms with Crippen LogP contribution in [-0.4, -0.2) is 55.7 Å². The van der Waals surface area contributed by atoms with Crippen LogP contribution in [0.25, 0.3) is 0 Å². The SMILES string of the molecule is N[C@H]1CCCCCNCC2CNCCN2C2CCCC1C2. The average molecular weight is 294 g/mol. The van der Waals surface area contributed by atoms with Crippen LogP contribution in [0.3, 0.4) is 0 Å². The second kappa shape index (κ2) is 7.91. The van der Waals surface area contributed by atoms with E-state index in [-0.39, 0.29) is 0 Å². The van der Waals surface area contributed by atoms with Gasteiger partial charge in [-0.1, -0.05) is 19.3 Å². The summed E-state index contributed by atoms with van der Waals surface area (Å²) in [7, 11) is 0. The highest BCUT2D eigenvalue weighted by Gasteiger charge is 2.34. The minimum Gasteiger partial charge on any atom is -0.327 e. The highest BCUT2D eigenvalue weighted by molar-refractivity contribution is 4.91. The topological polar surface area (TPSA) is 53.3 Å². The molecule has 3 unspecified atom stereocenters. The Morgan fingerprint density at radius 1 is 0.810 bits per heavy atom. The van der Waals surface area contributed by atoms with E-state index in [0.29, 0.717) is 12.1 Å². The molecule has 122 valence electrons. The Morgan fingerprint density at radius 3 is 2.57 bits per heavy atom. The second-order valence-corrected chi connectivity index (χ2v) is 7.39. The maximum absolute atomic E-state index is 6.53. The summed E-state index contributed by atoms with van der Waals surface area (Å²) >= 11 is 0. The van der Waals surface area contributed by atoms with Gasteiger partial charge in [-0.3, -0.25) is 4.90 Å². The van der Waals surface area contributed by atoms with Crippen LogP contribution in [0.5, 0.6) is 0 Å². The lowest BCUT2D eigenvalue weighted by Crippen LogP contribution is -2.59. The van der Waals surface area contributed by atoms with Crippen LogP contribution in [-0.2, 0) is 0 Å². The molecular formula is C17H34N4. The largest absolute Gasteiger partial charge is 0.327 e. The lowest BCUT2D eigenvalue weighted by Gasteiger charge is -2.45. The number of nitrogens with two attached hydrogens (primary N) is 1. The molecule has 0 aromatic rings. The smallest absolute Gasteiger partial charge is 0.0348 e. The predicted molar refractivity (Wildman–Crippen MR) is 88.4 cm³/mol. The zero-order valence-electron chi connectivity index (χ0n) is 13.5. The van der Waals surface area contributed by atoms with Crippen LogP contribution in [0.4, 0.5) is 0 Å². The molecule has 4 N–H and O–H groups in total. The molecule has 4 nitrogen and oxygen atoms in total. The summed E-state index contributed by atoms with van der Waals surface area (Å²) in [5.74, 6) is 0.771. The molecule has 21 heavy (non-hydrogen) atoms. The highest BCUT2D eigenvalue weighted by Crippen LogP contribution is 2.32. The van der Waals surface area contributed by atoms with Gasteiger partial charge in [0.1, 0.15) is 0 Å². The fraction of sp³-hybridized carbons (Fsp3) is 1.00. The summed E-state index contributed by atoms with van der Waals surface area (Å²) in [6.07, 6.45) is 10.7. The van der Waals surface area contributed by atoms with Crippen LogP contribution in [0.2, 0.25) is 0 Å². The molecule has 1 saturated carbocycles. The van der Waals surface area contributed by atoms with E-state index in [1.165, 1.54) is 64.5 Å². The van der Waals surface area contributed by atoms with Crippen LogP contribution >= 0.6 is 0 Å².